The van der Waals surface area contributed by atoms with Gasteiger partial charge < -0.3 is 13.9 Å². The Kier molecular flexibility index (Phi) is 5.10. The normalized spacial score (nSPS) is 19.0. The van der Waals surface area contributed by atoms with Crippen LogP contribution in [0.4, 0.5) is 0 Å². The number of nitrogens with one attached hydrogen (secondary N) is 1. The topological polar surface area (TPSA) is 40.0 Å². The number of likely N-dealkylation sites (tertiary alicyclic amines) is 1. The Morgan fingerprint density at radius 1 is 1.14 bits per heavy atom. The fraction of sp³-hybridized carbons (Fsp3) is 1.00. The highest BCUT2D eigenvalue weighted by Gasteiger charge is 2.31. The van der Waals surface area contributed by atoms with Crippen molar-refractivity contribution in [2.45, 2.75) is 26.7 Å². The number of quaternary nitrogens is 1. The van der Waals surface area contributed by atoms with Gasteiger partial charge in [0.05, 0.1) is 26.3 Å². The lowest BCUT2D eigenvalue weighted by molar-refractivity contribution is -0.876. The van der Waals surface area contributed by atoms with Crippen LogP contribution in [0, 0.1) is 0 Å². The molecule has 84 valence electrons. The van der Waals surface area contributed by atoms with E-state index in [9.17, 15) is 4.57 Å². The molecule has 14 heavy (non-hydrogen) atoms. The van der Waals surface area contributed by atoms with Gasteiger partial charge in [0.2, 0.25) is 0 Å². The standard InChI is InChI=1S/C9H20NO3P/c1-3-12-14(11,13-4-2)9-10-7-5-6-8-10/h3-9H2,1-2H3/p+1. The number of hydrogen-bond acceptors (Lipinski definition) is 3. The van der Waals surface area contributed by atoms with E-state index in [1.165, 1.54) is 17.7 Å². The summed E-state index contributed by atoms with van der Waals surface area (Å²) in [5.41, 5.74) is 0. The minimum absolute atomic E-state index is 0.463. The van der Waals surface area contributed by atoms with Gasteiger partial charge in [-0.15, -0.1) is 0 Å². The van der Waals surface area contributed by atoms with Crippen LogP contribution in [-0.2, 0) is 13.6 Å². The Bertz CT molecular complexity index is 194. The van der Waals surface area contributed by atoms with Crippen molar-refractivity contribution in [2.75, 3.05) is 32.6 Å². The summed E-state index contributed by atoms with van der Waals surface area (Å²) < 4.78 is 22.6. The molecule has 0 aliphatic carbocycles. The molecule has 0 aromatic heterocycles. The van der Waals surface area contributed by atoms with Crippen LogP contribution >= 0.6 is 7.60 Å². The van der Waals surface area contributed by atoms with E-state index in [2.05, 4.69) is 0 Å². The first kappa shape index (κ1) is 12.2. The van der Waals surface area contributed by atoms with Crippen molar-refractivity contribution in [3.05, 3.63) is 0 Å². The first-order valence-electron chi connectivity index (χ1n) is 5.42. The molecule has 0 radical (unpaired) electrons. The number of rotatable bonds is 6. The Labute approximate surface area is 86.1 Å². The van der Waals surface area contributed by atoms with Gasteiger partial charge >= 0.3 is 7.60 Å². The van der Waals surface area contributed by atoms with Gasteiger partial charge in [-0.2, -0.15) is 0 Å². The average molecular weight is 222 g/mol. The van der Waals surface area contributed by atoms with E-state index < -0.39 is 7.60 Å². The summed E-state index contributed by atoms with van der Waals surface area (Å²) in [5.74, 6) is 0. The van der Waals surface area contributed by atoms with Gasteiger partial charge in [0, 0.05) is 12.8 Å². The molecule has 1 rings (SSSR count). The SMILES string of the molecule is CCOP(=O)(C[NH+]1CCCC1)OCC. The van der Waals surface area contributed by atoms with Crippen molar-refractivity contribution in [3.8, 4) is 0 Å². The third-order valence-electron chi connectivity index (χ3n) is 2.38. The van der Waals surface area contributed by atoms with Crippen LogP contribution in [0.3, 0.4) is 0 Å². The lowest BCUT2D eigenvalue weighted by atomic mass is 10.4. The minimum Gasteiger partial charge on any atom is -0.325 e. The van der Waals surface area contributed by atoms with Crippen LogP contribution in [0.2, 0.25) is 0 Å². The van der Waals surface area contributed by atoms with Gasteiger partial charge in [0.25, 0.3) is 0 Å². The minimum atomic E-state index is -2.81. The van der Waals surface area contributed by atoms with Crippen molar-refractivity contribution in [2.24, 2.45) is 0 Å². The van der Waals surface area contributed by atoms with Crippen LogP contribution in [0.15, 0.2) is 0 Å². The highest BCUT2D eigenvalue weighted by atomic mass is 31.2. The summed E-state index contributed by atoms with van der Waals surface area (Å²) in [6.07, 6.45) is 3.00. The fourth-order valence-corrected chi connectivity index (χ4v) is 3.74. The second kappa shape index (κ2) is 5.86. The summed E-state index contributed by atoms with van der Waals surface area (Å²) in [6.45, 7) is 6.83. The molecular weight excluding hydrogens is 201 g/mol. The van der Waals surface area contributed by atoms with Crippen molar-refractivity contribution in [3.63, 3.8) is 0 Å². The molecule has 0 aromatic rings. The molecule has 1 aliphatic rings. The summed E-state index contributed by atoms with van der Waals surface area (Å²) in [4.78, 5) is 1.36. The van der Waals surface area contributed by atoms with Crippen molar-refractivity contribution in [1.82, 2.24) is 0 Å². The van der Waals surface area contributed by atoms with Gasteiger partial charge in [-0.25, -0.2) is 0 Å². The van der Waals surface area contributed by atoms with Crippen molar-refractivity contribution >= 4 is 7.60 Å². The maximum Gasteiger partial charge on any atom is 0.384 e. The van der Waals surface area contributed by atoms with Gasteiger partial charge in [0.15, 0.2) is 6.29 Å². The molecule has 0 amide bonds. The van der Waals surface area contributed by atoms with E-state index in [0.717, 1.165) is 13.1 Å². The molecule has 0 aromatic carbocycles. The monoisotopic (exact) mass is 222 g/mol. The van der Waals surface area contributed by atoms with E-state index in [0.29, 0.717) is 19.5 Å². The quantitative estimate of drug-likeness (QED) is 0.678. The molecular formula is C9H21NO3P+. The third-order valence-corrected chi connectivity index (χ3v) is 4.52. The Balaban J connectivity index is 2.44. The third kappa shape index (κ3) is 3.70. The highest BCUT2D eigenvalue weighted by molar-refractivity contribution is 7.53. The summed E-state index contributed by atoms with van der Waals surface area (Å²) >= 11 is 0. The Morgan fingerprint density at radius 2 is 1.64 bits per heavy atom. The van der Waals surface area contributed by atoms with Crippen LogP contribution in [0.5, 0.6) is 0 Å². The summed E-state index contributed by atoms with van der Waals surface area (Å²) in [6, 6.07) is 0. The van der Waals surface area contributed by atoms with Gasteiger partial charge in [-0.1, -0.05) is 0 Å². The van der Waals surface area contributed by atoms with Crippen LogP contribution < -0.4 is 4.90 Å². The van der Waals surface area contributed by atoms with E-state index >= 15 is 0 Å². The molecule has 1 N–H and O–H groups in total. The van der Waals surface area contributed by atoms with Crippen LogP contribution in [-0.4, -0.2) is 32.6 Å². The zero-order chi connectivity index (χ0) is 10.4. The number of hydrogen-bond donors (Lipinski definition) is 1. The Hall–Kier alpha value is 0.110. The van der Waals surface area contributed by atoms with E-state index in [1.54, 1.807) is 0 Å². The van der Waals surface area contributed by atoms with Gasteiger partial charge in [-0.05, 0) is 13.8 Å². The lowest BCUT2D eigenvalue weighted by Gasteiger charge is -2.20. The maximum absolute atomic E-state index is 12.1. The van der Waals surface area contributed by atoms with E-state index in [1.807, 2.05) is 13.8 Å². The molecule has 1 heterocycles. The molecule has 0 spiro atoms. The summed E-state index contributed by atoms with van der Waals surface area (Å²) in [7, 11) is -2.81. The summed E-state index contributed by atoms with van der Waals surface area (Å²) in [5, 5.41) is 0. The predicted octanol–water partition coefficient (Wildman–Crippen LogP) is 0.889. The van der Waals surface area contributed by atoms with Crippen LogP contribution in [0.25, 0.3) is 0 Å². The average Bonchev–Trinajstić information content (AvgIpc) is 2.57. The molecule has 1 aliphatic heterocycles. The fourth-order valence-electron chi connectivity index (χ4n) is 1.83. The molecule has 0 unspecified atom stereocenters. The molecule has 4 nitrogen and oxygen atoms in total. The Morgan fingerprint density at radius 3 is 2.07 bits per heavy atom. The second-order valence-corrected chi connectivity index (χ2v) is 5.62. The first-order chi connectivity index (χ1) is 6.70. The van der Waals surface area contributed by atoms with Gasteiger partial charge in [0.1, 0.15) is 0 Å². The molecule has 0 atom stereocenters. The van der Waals surface area contributed by atoms with Crippen molar-refractivity contribution < 1.29 is 18.5 Å². The second-order valence-electron chi connectivity index (χ2n) is 3.56. The zero-order valence-electron chi connectivity index (χ0n) is 9.12. The van der Waals surface area contributed by atoms with Crippen molar-refractivity contribution in [1.29, 1.82) is 0 Å². The molecule has 5 heteroatoms. The molecule has 1 fully saturated rings. The first-order valence-corrected chi connectivity index (χ1v) is 7.14. The molecule has 1 saturated heterocycles. The zero-order valence-corrected chi connectivity index (χ0v) is 10.0. The van der Waals surface area contributed by atoms with E-state index in [4.69, 9.17) is 9.05 Å². The predicted molar refractivity (Wildman–Crippen MR) is 55.7 cm³/mol. The van der Waals surface area contributed by atoms with E-state index in [-0.39, 0.29) is 0 Å². The highest BCUT2D eigenvalue weighted by Crippen LogP contribution is 2.45. The van der Waals surface area contributed by atoms with Crippen LogP contribution in [0.1, 0.15) is 26.7 Å². The molecule has 0 saturated carbocycles. The largest absolute Gasteiger partial charge is 0.384 e. The molecule has 0 bridgehead atoms. The maximum atomic E-state index is 12.1. The van der Waals surface area contributed by atoms with Gasteiger partial charge in [-0.3, -0.25) is 4.57 Å². The smallest absolute Gasteiger partial charge is 0.325 e. The lowest BCUT2D eigenvalue weighted by Crippen LogP contribution is -3.09.